The Kier molecular flexibility index (Phi) is 8.63. The van der Waals surface area contributed by atoms with E-state index in [2.05, 4.69) is 46.8 Å². The molecule has 2 rings (SSSR count). The summed E-state index contributed by atoms with van der Waals surface area (Å²) in [6.07, 6.45) is 4.37. The van der Waals surface area contributed by atoms with Crippen molar-refractivity contribution in [3.05, 3.63) is 35.4 Å². The third-order valence-corrected chi connectivity index (χ3v) is 4.22. The molecule has 0 saturated carbocycles. The fraction of sp³-hybridized carbons (Fsp3) is 0.632. The number of rotatable bonds is 9. The highest BCUT2D eigenvalue weighted by Crippen LogP contribution is 2.08. The Hall–Kier alpha value is -1.59. The van der Waals surface area contributed by atoms with Gasteiger partial charge in [0.15, 0.2) is 5.96 Å². The van der Waals surface area contributed by atoms with Gasteiger partial charge in [0.25, 0.3) is 0 Å². The second-order valence-corrected chi connectivity index (χ2v) is 6.06. The smallest absolute Gasteiger partial charge is 0.190 e. The summed E-state index contributed by atoms with van der Waals surface area (Å²) in [6, 6.07) is 8.83. The Labute approximate surface area is 145 Å². The summed E-state index contributed by atoms with van der Waals surface area (Å²) < 4.78 is 11.0. The van der Waals surface area contributed by atoms with Gasteiger partial charge in [-0.3, -0.25) is 4.99 Å². The SMILES string of the molecule is CCc1ccc(CCNC(=NC)NCCCOC2CCOC2)cc1. The van der Waals surface area contributed by atoms with Gasteiger partial charge < -0.3 is 20.1 Å². The lowest BCUT2D eigenvalue weighted by atomic mass is 10.1. The number of hydrogen-bond acceptors (Lipinski definition) is 3. The molecule has 134 valence electrons. The summed E-state index contributed by atoms with van der Waals surface area (Å²) in [4.78, 5) is 4.26. The van der Waals surface area contributed by atoms with Gasteiger partial charge in [-0.1, -0.05) is 31.2 Å². The van der Waals surface area contributed by atoms with Crippen LogP contribution in [0.25, 0.3) is 0 Å². The van der Waals surface area contributed by atoms with Crippen LogP contribution in [-0.4, -0.2) is 52.0 Å². The highest BCUT2D eigenvalue weighted by atomic mass is 16.5. The van der Waals surface area contributed by atoms with Crippen molar-refractivity contribution in [1.82, 2.24) is 10.6 Å². The first-order valence-electron chi connectivity index (χ1n) is 9.03. The molecule has 0 aliphatic carbocycles. The monoisotopic (exact) mass is 333 g/mol. The number of hydrogen-bond donors (Lipinski definition) is 2. The minimum absolute atomic E-state index is 0.293. The molecule has 0 radical (unpaired) electrons. The predicted molar refractivity (Wildman–Crippen MR) is 98.7 cm³/mol. The van der Waals surface area contributed by atoms with Crippen LogP contribution in [0, 0.1) is 0 Å². The van der Waals surface area contributed by atoms with Crippen LogP contribution in [0.5, 0.6) is 0 Å². The molecule has 1 atom stereocenters. The molecule has 2 N–H and O–H groups in total. The molecule has 0 aromatic heterocycles. The summed E-state index contributed by atoms with van der Waals surface area (Å²) in [5.74, 6) is 0.851. The fourth-order valence-corrected chi connectivity index (χ4v) is 2.66. The zero-order chi connectivity index (χ0) is 17.0. The Bertz CT molecular complexity index is 482. The number of nitrogens with zero attached hydrogens (tertiary/aromatic N) is 1. The molecular weight excluding hydrogens is 302 g/mol. The third kappa shape index (κ3) is 6.89. The van der Waals surface area contributed by atoms with Crippen LogP contribution in [0.3, 0.4) is 0 Å². The number of guanidine groups is 1. The molecule has 5 nitrogen and oxygen atoms in total. The lowest BCUT2D eigenvalue weighted by Gasteiger charge is -2.13. The van der Waals surface area contributed by atoms with E-state index in [4.69, 9.17) is 9.47 Å². The van der Waals surface area contributed by atoms with E-state index in [1.54, 1.807) is 7.05 Å². The maximum Gasteiger partial charge on any atom is 0.190 e. The second-order valence-electron chi connectivity index (χ2n) is 6.06. The standard InChI is InChI=1S/C19H31N3O2/c1-3-16-5-7-17(8-6-16)9-12-22-19(20-2)21-11-4-13-24-18-10-14-23-15-18/h5-8,18H,3-4,9-15H2,1-2H3,(H2,20,21,22). The molecule has 1 fully saturated rings. The van der Waals surface area contributed by atoms with E-state index in [0.29, 0.717) is 6.10 Å². The van der Waals surface area contributed by atoms with E-state index in [-0.39, 0.29) is 0 Å². The Morgan fingerprint density at radius 2 is 1.96 bits per heavy atom. The molecule has 1 aromatic rings. The molecule has 1 aromatic carbocycles. The van der Waals surface area contributed by atoms with Gasteiger partial charge in [0.1, 0.15) is 0 Å². The topological polar surface area (TPSA) is 54.9 Å². The predicted octanol–water partition coefficient (Wildman–Crippen LogP) is 2.15. The number of ether oxygens (including phenoxy) is 2. The van der Waals surface area contributed by atoms with Gasteiger partial charge in [0.2, 0.25) is 0 Å². The molecule has 1 aliphatic heterocycles. The fourth-order valence-electron chi connectivity index (χ4n) is 2.66. The molecule has 0 spiro atoms. The van der Waals surface area contributed by atoms with Crippen LogP contribution in [0.1, 0.15) is 30.9 Å². The molecule has 0 amide bonds. The van der Waals surface area contributed by atoms with Crippen molar-refractivity contribution < 1.29 is 9.47 Å². The molecule has 5 heteroatoms. The minimum Gasteiger partial charge on any atom is -0.379 e. The van der Waals surface area contributed by atoms with E-state index >= 15 is 0 Å². The average Bonchev–Trinajstić information content (AvgIpc) is 3.14. The van der Waals surface area contributed by atoms with Crippen LogP contribution in [0.4, 0.5) is 0 Å². The first kappa shape index (κ1) is 18.7. The van der Waals surface area contributed by atoms with Gasteiger partial charge in [-0.25, -0.2) is 0 Å². The van der Waals surface area contributed by atoms with E-state index in [1.165, 1.54) is 11.1 Å². The minimum atomic E-state index is 0.293. The molecule has 0 bridgehead atoms. The van der Waals surface area contributed by atoms with Crippen molar-refractivity contribution in [3.8, 4) is 0 Å². The summed E-state index contributed by atoms with van der Waals surface area (Å²) in [5, 5.41) is 6.68. The van der Waals surface area contributed by atoms with Gasteiger partial charge in [-0.15, -0.1) is 0 Å². The number of nitrogens with one attached hydrogen (secondary N) is 2. The Balaban J connectivity index is 1.54. The van der Waals surface area contributed by atoms with Gasteiger partial charge in [-0.05, 0) is 36.8 Å². The van der Waals surface area contributed by atoms with E-state index in [9.17, 15) is 0 Å². The van der Waals surface area contributed by atoms with Crippen LogP contribution in [0.15, 0.2) is 29.3 Å². The van der Waals surface area contributed by atoms with Crippen molar-refractivity contribution >= 4 is 5.96 Å². The van der Waals surface area contributed by atoms with Crippen LogP contribution >= 0.6 is 0 Å². The van der Waals surface area contributed by atoms with Crippen LogP contribution < -0.4 is 10.6 Å². The third-order valence-electron chi connectivity index (χ3n) is 4.22. The molecule has 24 heavy (non-hydrogen) atoms. The van der Waals surface area contributed by atoms with Crippen molar-refractivity contribution in [2.75, 3.05) is 40.0 Å². The Morgan fingerprint density at radius 1 is 1.21 bits per heavy atom. The summed E-state index contributed by atoms with van der Waals surface area (Å²) in [6.45, 7) is 6.26. The number of benzene rings is 1. The van der Waals surface area contributed by atoms with E-state index < -0.39 is 0 Å². The van der Waals surface area contributed by atoms with Crippen molar-refractivity contribution in [2.24, 2.45) is 4.99 Å². The van der Waals surface area contributed by atoms with Crippen molar-refractivity contribution in [1.29, 1.82) is 0 Å². The maximum absolute atomic E-state index is 5.75. The zero-order valence-corrected chi connectivity index (χ0v) is 15.0. The number of aliphatic imine (C=N–C) groups is 1. The highest BCUT2D eigenvalue weighted by Gasteiger charge is 2.15. The highest BCUT2D eigenvalue weighted by molar-refractivity contribution is 5.79. The van der Waals surface area contributed by atoms with Gasteiger partial charge in [0, 0.05) is 33.4 Å². The average molecular weight is 333 g/mol. The molecule has 1 unspecified atom stereocenters. The van der Waals surface area contributed by atoms with Crippen molar-refractivity contribution in [2.45, 2.75) is 38.7 Å². The first-order chi connectivity index (χ1) is 11.8. The molecule has 1 aliphatic rings. The van der Waals surface area contributed by atoms with Crippen LogP contribution in [0.2, 0.25) is 0 Å². The second kappa shape index (κ2) is 11.0. The van der Waals surface area contributed by atoms with E-state index in [0.717, 1.165) is 64.6 Å². The van der Waals surface area contributed by atoms with E-state index in [1.807, 2.05) is 0 Å². The summed E-state index contributed by atoms with van der Waals surface area (Å²) >= 11 is 0. The largest absolute Gasteiger partial charge is 0.379 e. The number of aryl methyl sites for hydroxylation is 1. The Morgan fingerprint density at radius 3 is 2.62 bits per heavy atom. The van der Waals surface area contributed by atoms with Gasteiger partial charge in [-0.2, -0.15) is 0 Å². The normalized spacial score (nSPS) is 17.9. The summed E-state index contributed by atoms with van der Waals surface area (Å²) in [5.41, 5.74) is 2.73. The lowest BCUT2D eigenvalue weighted by Crippen LogP contribution is -2.39. The van der Waals surface area contributed by atoms with Gasteiger partial charge >= 0.3 is 0 Å². The maximum atomic E-state index is 5.75. The van der Waals surface area contributed by atoms with Gasteiger partial charge in [0.05, 0.1) is 12.7 Å². The van der Waals surface area contributed by atoms with Crippen molar-refractivity contribution in [3.63, 3.8) is 0 Å². The quantitative estimate of drug-likeness (QED) is 0.413. The van der Waals surface area contributed by atoms with Crippen LogP contribution in [-0.2, 0) is 22.3 Å². The first-order valence-corrected chi connectivity index (χ1v) is 9.03. The molecule has 1 saturated heterocycles. The summed E-state index contributed by atoms with van der Waals surface area (Å²) in [7, 11) is 1.80. The molecular formula is C19H31N3O2. The lowest BCUT2D eigenvalue weighted by molar-refractivity contribution is 0.0420. The molecule has 1 heterocycles. The zero-order valence-electron chi connectivity index (χ0n) is 15.0.